The van der Waals surface area contributed by atoms with E-state index in [0.717, 1.165) is 17.5 Å². The highest BCUT2D eigenvalue weighted by atomic mass is 16.4. The van der Waals surface area contributed by atoms with Crippen LogP contribution in [0.4, 0.5) is 0 Å². The van der Waals surface area contributed by atoms with Crippen LogP contribution < -0.4 is 5.32 Å². The second-order valence-electron chi connectivity index (χ2n) is 9.29. The highest BCUT2D eigenvalue weighted by molar-refractivity contribution is 5.78. The second-order valence-corrected chi connectivity index (χ2v) is 9.29. The molecule has 2 N–H and O–H groups in total. The van der Waals surface area contributed by atoms with Gasteiger partial charge in [0.05, 0.1) is 5.92 Å². The lowest BCUT2D eigenvalue weighted by Gasteiger charge is -2.10. The van der Waals surface area contributed by atoms with Gasteiger partial charge in [-0.1, -0.05) is 123 Å². The summed E-state index contributed by atoms with van der Waals surface area (Å²) in [5.41, 5.74) is 7.00. The van der Waals surface area contributed by atoms with Gasteiger partial charge in [0.2, 0.25) is 5.91 Å². The Balaban J connectivity index is 0.000000206. The van der Waals surface area contributed by atoms with Gasteiger partial charge < -0.3 is 10.4 Å². The van der Waals surface area contributed by atoms with Crippen LogP contribution in [0.25, 0.3) is 22.3 Å². The summed E-state index contributed by atoms with van der Waals surface area (Å²) in [4.78, 5) is 22.3. The first-order valence-electron chi connectivity index (χ1n) is 12.6. The molecule has 0 aliphatic heterocycles. The number of aliphatic carboxylic acids is 1. The summed E-state index contributed by atoms with van der Waals surface area (Å²) in [6, 6.07) is 36.9. The maximum atomic E-state index is 11.5. The first kappa shape index (κ1) is 27.4. The summed E-state index contributed by atoms with van der Waals surface area (Å²) >= 11 is 0. The number of hydrogen-bond acceptors (Lipinski definition) is 2. The number of carbonyl (C=O) groups excluding carboxylic acids is 1. The van der Waals surface area contributed by atoms with Crippen LogP contribution in [0.1, 0.15) is 25.0 Å². The average molecular weight is 494 g/mol. The van der Waals surface area contributed by atoms with E-state index in [2.05, 4.69) is 53.8 Å². The molecule has 4 aromatic carbocycles. The highest BCUT2D eigenvalue weighted by Crippen LogP contribution is 2.21. The fraction of sp³-hybridized carbons (Fsp3) is 0.212. The van der Waals surface area contributed by atoms with Crippen molar-refractivity contribution >= 4 is 11.9 Å². The molecule has 0 aliphatic carbocycles. The largest absolute Gasteiger partial charge is 0.481 e. The topological polar surface area (TPSA) is 66.4 Å². The monoisotopic (exact) mass is 493 g/mol. The maximum absolute atomic E-state index is 11.5. The van der Waals surface area contributed by atoms with Crippen molar-refractivity contribution in [1.29, 1.82) is 0 Å². The molecule has 4 aromatic rings. The van der Waals surface area contributed by atoms with Crippen LogP contribution in [0.5, 0.6) is 0 Å². The van der Waals surface area contributed by atoms with Gasteiger partial charge in [0.1, 0.15) is 0 Å². The van der Waals surface area contributed by atoms with Gasteiger partial charge in [-0.2, -0.15) is 0 Å². The van der Waals surface area contributed by atoms with Gasteiger partial charge in [0, 0.05) is 13.0 Å². The third-order valence-electron chi connectivity index (χ3n) is 6.32. The van der Waals surface area contributed by atoms with E-state index in [1.54, 1.807) is 14.0 Å². The third-order valence-corrected chi connectivity index (χ3v) is 6.32. The zero-order valence-electron chi connectivity index (χ0n) is 21.7. The van der Waals surface area contributed by atoms with Crippen molar-refractivity contribution in [3.05, 3.63) is 120 Å². The SMILES string of the molecule is CNC(=O)[C@@H](C)Cc1ccc(-c2ccccc2)cc1.C[C@@H](Cc1ccc(-c2ccccc2)cc1)C(=O)O. The third kappa shape index (κ3) is 8.46. The van der Waals surface area contributed by atoms with Crippen molar-refractivity contribution in [2.24, 2.45) is 11.8 Å². The Bertz CT molecular complexity index is 1250. The Labute approximate surface area is 220 Å². The molecule has 0 aromatic heterocycles. The lowest BCUT2D eigenvalue weighted by molar-refractivity contribution is -0.141. The van der Waals surface area contributed by atoms with Crippen molar-refractivity contribution in [1.82, 2.24) is 5.32 Å². The number of rotatable bonds is 8. The molecular formula is C33H35NO3. The molecule has 1 amide bonds. The zero-order valence-corrected chi connectivity index (χ0v) is 21.7. The number of carboxylic acids is 1. The first-order valence-corrected chi connectivity index (χ1v) is 12.6. The number of carboxylic acid groups (broad SMARTS) is 1. The predicted octanol–water partition coefficient (Wildman–Crippen LogP) is 6.90. The van der Waals surface area contributed by atoms with Crippen LogP contribution in [0.3, 0.4) is 0 Å². The molecule has 0 fully saturated rings. The molecule has 0 bridgehead atoms. The lowest BCUT2D eigenvalue weighted by atomic mass is 9.98. The summed E-state index contributed by atoms with van der Waals surface area (Å²) < 4.78 is 0. The molecule has 4 heteroatoms. The van der Waals surface area contributed by atoms with Crippen molar-refractivity contribution < 1.29 is 14.7 Å². The first-order chi connectivity index (χ1) is 17.9. The summed E-state index contributed by atoms with van der Waals surface area (Å²) in [5.74, 6) is -0.991. The summed E-state index contributed by atoms with van der Waals surface area (Å²) in [5, 5.41) is 11.6. The van der Waals surface area contributed by atoms with Crippen LogP contribution in [-0.4, -0.2) is 24.0 Å². The maximum Gasteiger partial charge on any atom is 0.306 e. The number of benzene rings is 4. The molecular weight excluding hydrogens is 458 g/mol. The average Bonchev–Trinajstić information content (AvgIpc) is 2.94. The standard InChI is InChI=1S/C17H19NO.C16H16O2/c1-13(17(19)18-2)12-14-8-10-16(11-9-14)15-6-4-3-5-7-15;1-12(16(17)18)11-13-7-9-15(10-8-13)14-5-3-2-4-6-14/h3-11,13H,12H2,1-2H3,(H,18,19);2-10,12H,11H2,1H3,(H,17,18)/t13-;12-/m00/s1. The Morgan fingerprint density at radius 1 is 0.595 bits per heavy atom. The summed E-state index contributed by atoms with van der Waals surface area (Å²) in [7, 11) is 1.68. The fourth-order valence-corrected chi connectivity index (χ4v) is 4.06. The van der Waals surface area contributed by atoms with E-state index < -0.39 is 5.97 Å². The van der Waals surface area contributed by atoms with Crippen molar-refractivity contribution in [2.45, 2.75) is 26.7 Å². The predicted molar refractivity (Wildman–Crippen MR) is 151 cm³/mol. The van der Waals surface area contributed by atoms with Crippen LogP contribution in [-0.2, 0) is 22.4 Å². The Kier molecular flexibility index (Phi) is 10.2. The minimum atomic E-state index is -0.748. The van der Waals surface area contributed by atoms with E-state index in [9.17, 15) is 9.59 Å². The zero-order chi connectivity index (χ0) is 26.6. The molecule has 0 unspecified atom stereocenters. The van der Waals surface area contributed by atoms with Crippen LogP contribution in [0.2, 0.25) is 0 Å². The van der Waals surface area contributed by atoms with Crippen molar-refractivity contribution in [3.63, 3.8) is 0 Å². The van der Waals surface area contributed by atoms with Gasteiger partial charge in [-0.15, -0.1) is 0 Å². The van der Waals surface area contributed by atoms with Gasteiger partial charge in [-0.3, -0.25) is 9.59 Å². The number of nitrogens with one attached hydrogen (secondary N) is 1. The second kappa shape index (κ2) is 13.8. The molecule has 0 saturated carbocycles. The van der Waals surface area contributed by atoms with E-state index in [4.69, 9.17) is 5.11 Å². The molecule has 0 heterocycles. The molecule has 190 valence electrons. The molecule has 4 nitrogen and oxygen atoms in total. The minimum Gasteiger partial charge on any atom is -0.481 e. The molecule has 0 radical (unpaired) electrons. The van der Waals surface area contributed by atoms with E-state index >= 15 is 0 Å². The molecule has 0 saturated heterocycles. The summed E-state index contributed by atoms with van der Waals surface area (Å²) in [6.07, 6.45) is 1.35. The molecule has 0 aliphatic rings. The van der Waals surface area contributed by atoms with Crippen LogP contribution >= 0.6 is 0 Å². The smallest absolute Gasteiger partial charge is 0.306 e. The minimum absolute atomic E-state index is 0.00701. The van der Waals surface area contributed by atoms with Gasteiger partial charge in [-0.05, 0) is 46.2 Å². The Hall–Kier alpha value is -4.18. The van der Waals surface area contributed by atoms with E-state index in [-0.39, 0.29) is 17.7 Å². The molecule has 4 rings (SSSR count). The van der Waals surface area contributed by atoms with Gasteiger partial charge in [0.25, 0.3) is 0 Å². The van der Waals surface area contributed by atoms with Crippen molar-refractivity contribution in [3.8, 4) is 22.3 Å². The van der Waals surface area contributed by atoms with E-state index in [1.165, 1.54) is 22.3 Å². The fourth-order valence-electron chi connectivity index (χ4n) is 4.06. The number of amides is 1. The van der Waals surface area contributed by atoms with Gasteiger partial charge >= 0.3 is 5.97 Å². The Morgan fingerprint density at radius 3 is 1.30 bits per heavy atom. The Morgan fingerprint density at radius 2 is 0.946 bits per heavy atom. The molecule has 37 heavy (non-hydrogen) atoms. The van der Waals surface area contributed by atoms with Gasteiger partial charge in [-0.25, -0.2) is 0 Å². The quantitative estimate of drug-likeness (QED) is 0.281. The normalized spacial score (nSPS) is 12.0. The molecule has 2 atom stereocenters. The van der Waals surface area contributed by atoms with Gasteiger partial charge in [0.15, 0.2) is 0 Å². The van der Waals surface area contributed by atoms with Crippen LogP contribution in [0.15, 0.2) is 109 Å². The number of hydrogen-bond donors (Lipinski definition) is 2. The van der Waals surface area contributed by atoms with E-state index in [0.29, 0.717) is 6.42 Å². The molecule has 0 spiro atoms. The van der Waals surface area contributed by atoms with Crippen LogP contribution in [0, 0.1) is 11.8 Å². The summed E-state index contributed by atoms with van der Waals surface area (Å²) in [6.45, 7) is 3.68. The van der Waals surface area contributed by atoms with Crippen molar-refractivity contribution in [2.75, 3.05) is 7.05 Å². The van der Waals surface area contributed by atoms with E-state index in [1.807, 2.05) is 67.6 Å². The highest BCUT2D eigenvalue weighted by Gasteiger charge is 2.12. The number of carbonyl (C=O) groups is 2. The lowest BCUT2D eigenvalue weighted by Crippen LogP contribution is -2.26.